The van der Waals surface area contributed by atoms with Gasteiger partial charge in [-0.15, -0.1) is 0 Å². The highest BCUT2D eigenvalue weighted by atomic mass is 15.0. The van der Waals surface area contributed by atoms with Crippen molar-refractivity contribution in [1.82, 2.24) is 15.0 Å². The van der Waals surface area contributed by atoms with Gasteiger partial charge >= 0.3 is 0 Å². The average molecular weight is 761 g/mol. The van der Waals surface area contributed by atoms with E-state index in [0.29, 0.717) is 23.0 Å². The Bertz CT molecular complexity index is 3690. The Kier molecular flexibility index (Phi) is 7.57. The van der Waals surface area contributed by atoms with Crippen LogP contribution in [-0.4, -0.2) is 15.0 Å². The molecular formula is C56H32N4. The van der Waals surface area contributed by atoms with Gasteiger partial charge in [0.2, 0.25) is 0 Å². The Balaban J connectivity index is 1.16. The number of fused-ring (bicyclic) bond motifs is 2. The van der Waals surface area contributed by atoms with Crippen LogP contribution in [0.25, 0.3) is 121 Å². The van der Waals surface area contributed by atoms with Gasteiger partial charge in [-0.1, -0.05) is 170 Å². The highest BCUT2D eigenvalue weighted by Gasteiger charge is 2.20. The van der Waals surface area contributed by atoms with Crippen LogP contribution in [0, 0.1) is 11.3 Å². The zero-order valence-electron chi connectivity index (χ0n) is 32.3. The van der Waals surface area contributed by atoms with Gasteiger partial charge in [0.25, 0.3) is 0 Å². The van der Waals surface area contributed by atoms with Gasteiger partial charge in [0.05, 0.1) is 11.6 Å². The second-order valence-electron chi connectivity index (χ2n) is 15.4. The number of hydrogen-bond acceptors (Lipinski definition) is 4. The van der Waals surface area contributed by atoms with Gasteiger partial charge in [-0.3, -0.25) is 0 Å². The van der Waals surface area contributed by atoms with E-state index >= 15 is 0 Å². The minimum Gasteiger partial charge on any atom is -0.208 e. The van der Waals surface area contributed by atoms with Crippen LogP contribution in [0.2, 0.25) is 0 Å². The monoisotopic (exact) mass is 760 g/mol. The van der Waals surface area contributed by atoms with E-state index < -0.39 is 0 Å². The molecule has 4 nitrogen and oxygen atoms in total. The fourth-order valence-electron chi connectivity index (χ4n) is 9.26. The third-order valence-corrected chi connectivity index (χ3v) is 12.1. The maximum Gasteiger partial charge on any atom is 0.164 e. The van der Waals surface area contributed by atoms with Gasteiger partial charge in [-0.2, -0.15) is 5.26 Å². The van der Waals surface area contributed by atoms with Crippen LogP contribution in [0.15, 0.2) is 194 Å². The molecule has 0 radical (unpaired) electrons. The molecule has 0 saturated heterocycles. The predicted octanol–water partition coefficient (Wildman–Crippen LogP) is 14.4. The summed E-state index contributed by atoms with van der Waals surface area (Å²) in [4.78, 5) is 15.8. The Morgan fingerprint density at radius 2 is 0.767 bits per heavy atom. The number of nitriles is 1. The van der Waals surface area contributed by atoms with Crippen molar-refractivity contribution in [3.63, 3.8) is 0 Å². The third kappa shape index (κ3) is 5.34. The van der Waals surface area contributed by atoms with E-state index in [1.165, 1.54) is 53.9 Å². The van der Waals surface area contributed by atoms with Crippen LogP contribution in [-0.2, 0) is 0 Å². The zero-order valence-corrected chi connectivity index (χ0v) is 32.3. The zero-order chi connectivity index (χ0) is 39.7. The summed E-state index contributed by atoms with van der Waals surface area (Å²) in [5.41, 5.74) is 7.53. The summed E-state index contributed by atoms with van der Waals surface area (Å²) in [6.07, 6.45) is 0. The molecule has 4 heteroatoms. The summed E-state index contributed by atoms with van der Waals surface area (Å²) in [5, 5.41) is 24.1. The minimum absolute atomic E-state index is 0.575. The maximum atomic E-state index is 9.53. The van der Waals surface area contributed by atoms with E-state index in [-0.39, 0.29) is 0 Å². The van der Waals surface area contributed by atoms with Gasteiger partial charge in [0.1, 0.15) is 0 Å². The highest BCUT2D eigenvalue weighted by molar-refractivity contribution is 6.37. The number of nitrogens with zero attached hydrogens (tertiary/aromatic N) is 4. The predicted molar refractivity (Wildman–Crippen MR) is 248 cm³/mol. The molecule has 0 amide bonds. The quantitative estimate of drug-likeness (QED) is 0.164. The van der Waals surface area contributed by atoms with Gasteiger partial charge in [0, 0.05) is 16.7 Å². The molecular weight excluding hydrogens is 729 g/mol. The van der Waals surface area contributed by atoms with E-state index in [9.17, 15) is 5.26 Å². The van der Waals surface area contributed by atoms with Crippen molar-refractivity contribution in [3.05, 3.63) is 200 Å². The molecule has 12 rings (SSSR count). The first-order valence-electron chi connectivity index (χ1n) is 20.2. The van der Waals surface area contributed by atoms with Crippen LogP contribution in [0.1, 0.15) is 5.56 Å². The number of hydrogen-bond donors (Lipinski definition) is 0. The Labute approximate surface area is 345 Å². The Morgan fingerprint density at radius 3 is 1.38 bits per heavy atom. The van der Waals surface area contributed by atoms with Crippen molar-refractivity contribution in [2.45, 2.75) is 0 Å². The van der Waals surface area contributed by atoms with E-state index in [1.807, 2.05) is 42.5 Å². The van der Waals surface area contributed by atoms with Gasteiger partial charge < -0.3 is 0 Å². The van der Waals surface area contributed by atoms with Crippen LogP contribution in [0.3, 0.4) is 0 Å². The number of benzene rings is 10. The Hall–Kier alpha value is -8.26. The molecule has 0 N–H and O–H groups in total. The van der Waals surface area contributed by atoms with E-state index in [4.69, 9.17) is 15.0 Å². The molecule has 60 heavy (non-hydrogen) atoms. The van der Waals surface area contributed by atoms with Gasteiger partial charge in [0.15, 0.2) is 17.5 Å². The molecule has 0 fully saturated rings. The summed E-state index contributed by atoms with van der Waals surface area (Å²) in [7, 11) is 0. The first-order valence-corrected chi connectivity index (χ1v) is 20.2. The molecule has 276 valence electrons. The van der Waals surface area contributed by atoms with Crippen molar-refractivity contribution in [2.24, 2.45) is 0 Å². The summed E-state index contributed by atoms with van der Waals surface area (Å²) < 4.78 is 0. The highest BCUT2D eigenvalue weighted by Crippen LogP contribution is 2.44. The molecule has 0 unspecified atom stereocenters. The lowest BCUT2D eigenvalue weighted by atomic mass is 9.87. The summed E-state index contributed by atoms with van der Waals surface area (Å²) in [6, 6.07) is 70.6. The minimum atomic E-state index is 0.575. The van der Waals surface area contributed by atoms with Crippen molar-refractivity contribution in [1.29, 1.82) is 5.26 Å². The molecule has 0 aliphatic carbocycles. The summed E-state index contributed by atoms with van der Waals surface area (Å²) >= 11 is 0. The van der Waals surface area contributed by atoms with Crippen molar-refractivity contribution in [3.8, 4) is 62.5 Å². The normalized spacial score (nSPS) is 11.7. The van der Waals surface area contributed by atoms with Crippen molar-refractivity contribution < 1.29 is 0 Å². The maximum absolute atomic E-state index is 9.53. The second kappa shape index (κ2) is 13.4. The molecule has 12 aromatic rings. The fraction of sp³-hybridized carbons (Fsp3) is 0. The van der Waals surface area contributed by atoms with E-state index in [1.54, 1.807) is 0 Å². The number of rotatable bonds is 5. The van der Waals surface area contributed by atoms with Gasteiger partial charge in [-0.25, -0.2) is 15.0 Å². The topological polar surface area (TPSA) is 62.5 Å². The molecule has 0 saturated carbocycles. The smallest absolute Gasteiger partial charge is 0.164 e. The Morgan fingerprint density at radius 1 is 0.300 bits per heavy atom. The van der Waals surface area contributed by atoms with Crippen LogP contribution < -0.4 is 0 Å². The molecule has 0 spiro atoms. The van der Waals surface area contributed by atoms with E-state index in [2.05, 4.69) is 158 Å². The van der Waals surface area contributed by atoms with Crippen LogP contribution >= 0.6 is 0 Å². The second-order valence-corrected chi connectivity index (χ2v) is 15.4. The van der Waals surface area contributed by atoms with Crippen LogP contribution in [0.4, 0.5) is 0 Å². The third-order valence-electron chi connectivity index (χ3n) is 12.1. The number of aromatic nitrogens is 3. The molecule has 1 heterocycles. The summed E-state index contributed by atoms with van der Waals surface area (Å²) in [6.45, 7) is 0. The lowest BCUT2D eigenvalue weighted by Gasteiger charge is -2.17. The molecule has 0 aliphatic rings. The van der Waals surface area contributed by atoms with E-state index in [0.717, 1.165) is 49.7 Å². The largest absolute Gasteiger partial charge is 0.208 e. The first kappa shape index (κ1) is 33.8. The average Bonchev–Trinajstić information content (AvgIpc) is 3.32. The van der Waals surface area contributed by atoms with Gasteiger partial charge in [-0.05, 0) is 111 Å². The fourth-order valence-corrected chi connectivity index (χ4v) is 9.26. The standard InChI is InChI=1S/C56H32N4/c57-33-34-19-21-37(22-20-34)44-14-4-5-15-48(44)56-59-54(41-28-23-36(24-29-41)35-9-2-1-3-10-35)58-55(60-56)43-31-42-30-27-40-12-7-17-46-45-16-6-11-38-25-26-39-13-8-18-47(52(39)50(38)45)49(32-43)53(42)51(40)46/h1-32H. The lowest BCUT2D eigenvalue weighted by molar-refractivity contribution is 1.08. The van der Waals surface area contributed by atoms with Crippen molar-refractivity contribution in [2.75, 3.05) is 0 Å². The van der Waals surface area contributed by atoms with Crippen LogP contribution in [0.5, 0.6) is 0 Å². The SMILES string of the molecule is N#Cc1ccc(-c2ccccc2-c2nc(-c3ccc(-c4ccccc4)cc3)nc(-c3cc4ccc5cccc6c7cccc8ccc9cccc(c(c3)c4c56)c9c87)n2)cc1. The molecule has 0 aliphatic heterocycles. The summed E-state index contributed by atoms with van der Waals surface area (Å²) in [5.74, 6) is 1.76. The molecule has 0 atom stereocenters. The lowest BCUT2D eigenvalue weighted by Crippen LogP contribution is -2.01. The first-order chi connectivity index (χ1) is 29.7. The molecule has 1 aromatic heterocycles. The molecule has 11 aromatic carbocycles. The van der Waals surface area contributed by atoms with Crippen molar-refractivity contribution >= 4 is 64.6 Å². The molecule has 0 bridgehead atoms.